The summed E-state index contributed by atoms with van der Waals surface area (Å²) in [6.07, 6.45) is -1.26. The number of hydrogen-bond acceptors (Lipinski definition) is 3. The van der Waals surface area contributed by atoms with E-state index in [2.05, 4.69) is 5.32 Å². The van der Waals surface area contributed by atoms with Crippen molar-refractivity contribution < 1.29 is 13.6 Å². The van der Waals surface area contributed by atoms with Gasteiger partial charge >= 0.3 is 0 Å². The van der Waals surface area contributed by atoms with Gasteiger partial charge < -0.3 is 11.1 Å². The quantitative estimate of drug-likeness (QED) is 0.860. The lowest BCUT2D eigenvalue weighted by atomic mass is 10.0. The first-order chi connectivity index (χ1) is 9.61. The number of fused-ring (bicyclic) bond motifs is 1. The van der Waals surface area contributed by atoms with Crippen LogP contribution in [0.5, 0.6) is 0 Å². The van der Waals surface area contributed by atoms with Gasteiger partial charge in [0, 0.05) is 18.8 Å². The Bertz CT molecular complexity index is 467. The fourth-order valence-electron chi connectivity index (χ4n) is 2.57. The fourth-order valence-corrected chi connectivity index (χ4v) is 2.57. The van der Waals surface area contributed by atoms with Crippen LogP contribution in [0.1, 0.15) is 12.0 Å². The van der Waals surface area contributed by atoms with Gasteiger partial charge in [-0.1, -0.05) is 18.2 Å². The third-order valence-corrected chi connectivity index (χ3v) is 3.49. The number of nitrogens with zero attached hydrogens (tertiary/aromatic N) is 1. The summed E-state index contributed by atoms with van der Waals surface area (Å²) in [6.45, 7) is 0.119. The summed E-state index contributed by atoms with van der Waals surface area (Å²) in [5.74, 6) is -0.232. The second kappa shape index (κ2) is 6.76. The van der Waals surface area contributed by atoms with Crippen LogP contribution in [0.4, 0.5) is 14.5 Å². The molecule has 0 fully saturated rings. The van der Waals surface area contributed by atoms with Crippen LogP contribution in [-0.4, -0.2) is 42.9 Å². The maximum Gasteiger partial charge on any atom is 0.251 e. The first kappa shape index (κ1) is 14.9. The minimum Gasteiger partial charge on any atom is -0.329 e. The van der Waals surface area contributed by atoms with E-state index in [1.54, 1.807) is 0 Å². The predicted molar refractivity (Wildman–Crippen MR) is 73.8 cm³/mol. The van der Waals surface area contributed by atoms with E-state index < -0.39 is 19.0 Å². The molecule has 0 saturated carbocycles. The molecule has 0 bridgehead atoms. The van der Waals surface area contributed by atoms with E-state index in [1.165, 1.54) is 4.90 Å². The molecule has 0 aromatic heterocycles. The van der Waals surface area contributed by atoms with Crippen molar-refractivity contribution in [2.75, 3.05) is 25.0 Å². The number of carbonyl (C=O) groups is 1. The van der Waals surface area contributed by atoms with Crippen LogP contribution >= 0.6 is 0 Å². The molecule has 1 unspecified atom stereocenters. The Morgan fingerprint density at radius 3 is 2.85 bits per heavy atom. The number of alkyl halides is 2. The van der Waals surface area contributed by atoms with Gasteiger partial charge in [-0.3, -0.25) is 9.69 Å². The molecular weight excluding hydrogens is 264 g/mol. The monoisotopic (exact) mass is 283 g/mol. The molecule has 0 aliphatic carbocycles. The Balaban J connectivity index is 2.15. The van der Waals surface area contributed by atoms with Crippen molar-refractivity contribution >= 4 is 11.6 Å². The number of halogens is 2. The highest BCUT2D eigenvalue weighted by Crippen LogP contribution is 2.23. The summed E-state index contributed by atoms with van der Waals surface area (Å²) in [4.78, 5) is 13.7. The highest BCUT2D eigenvalue weighted by Gasteiger charge is 2.30. The van der Waals surface area contributed by atoms with Gasteiger partial charge in [-0.15, -0.1) is 0 Å². The zero-order valence-corrected chi connectivity index (χ0v) is 11.2. The number of nitrogens with two attached hydrogens (primary N) is 1. The van der Waals surface area contributed by atoms with Gasteiger partial charge in [-0.2, -0.15) is 0 Å². The molecule has 4 nitrogen and oxygen atoms in total. The molecule has 1 aliphatic rings. The van der Waals surface area contributed by atoms with E-state index >= 15 is 0 Å². The summed E-state index contributed by atoms with van der Waals surface area (Å²) >= 11 is 0. The van der Waals surface area contributed by atoms with Gasteiger partial charge in [0.15, 0.2) is 0 Å². The average Bonchev–Trinajstić information content (AvgIpc) is 2.56. The summed E-state index contributed by atoms with van der Waals surface area (Å²) in [5, 5.41) is 2.82. The van der Waals surface area contributed by atoms with Crippen LogP contribution in [0.25, 0.3) is 0 Å². The number of rotatable bonds is 5. The number of carbonyl (C=O) groups excluding carboxylic acids is 1. The van der Waals surface area contributed by atoms with Gasteiger partial charge in [0.2, 0.25) is 5.91 Å². The zero-order valence-electron chi connectivity index (χ0n) is 11.2. The molecule has 2 rings (SSSR count). The van der Waals surface area contributed by atoms with Crippen LogP contribution in [0.3, 0.4) is 0 Å². The molecule has 1 amide bonds. The molecule has 6 heteroatoms. The maximum atomic E-state index is 12.6. The molecular formula is C14H19F2N3O. The molecule has 0 spiro atoms. The van der Waals surface area contributed by atoms with Gasteiger partial charge in [-0.25, -0.2) is 8.78 Å². The summed E-state index contributed by atoms with van der Waals surface area (Å²) in [7, 11) is 0. The predicted octanol–water partition coefficient (Wildman–Crippen LogP) is 1.47. The molecule has 1 aliphatic heterocycles. The van der Waals surface area contributed by atoms with E-state index in [0.29, 0.717) is 19.4 Å². The number of anilines is 1. The normalized spacial score (nSPS) is 18.9. The van der Waals surface area contributed by atoms with Gasteiger partial charge in [-0.05, 0) is 24.5 Å². The van der Waals surface area contributed by atoms with Crippen molar-refractivity contribution in [1.29, 1.82) is 0 Å². The average molecular weight is 283 g/mol. The SMILES string of the molecule is NCCN(CC(F)F)C1CCc2ccccc2NC1=O. The molecule has 110 valence electrons. The smallest absolute Gasteiger partial charge is 0.251 e. The Hall–Kier alpha value is -1.53. The Kier molecular flexibility index (Phi) is 5.03. The third kappa shape index (κ3) is 3.52. The lowest BCUT2D eigenvalue weighted by molar-refractivity contribution is -0.122. The second-order valence-corrected chi connectivity index (χ2v) is 4.88. The second-order valence-electron chi connectivity index (χ2n) is 4.88. The first-order valence-corrected chi connectivity index (χ1v) is 6.73. The van der Waals surface area contributed by atoms with Crippen LogP contribution in [0, 0.1) is 0 Å². The van der Waals surface area contributed by atoms with E-state index in [0.717, 1.165) is 11.3 Å². The topological polar surface area (TPSA) is 58.4 Å². The molecule has 1 aromatic rings. The number of para-hydroxylation sites is 1. The van der Waals surface area contributed by atoms with Crippen molar-refractivity contribution in [3.8, 4) is 0 Å². The highest BCUT2D eigenvalue weighted by molar-refractivity contribution is 5.96. The lowest BCUT2D eigenvalue weighted by Crippen LogP contribution is -2.47. The van der Waals surface area contributed by atoms with E-state index in [-0.39, 0.29) is 12.5 Å². The summed E-state index contributed by atoms with van der Waals surface area (Å²) in [5.41, 5.74) is 7.27. The third-order valence-electron chi connectivity index (χ3n) is 3.49. The first-order valence-electron chi connectivity index (χ1n) is 6.73. The van der Waals surface area contributed by atoms with Crippen molar-refractivity contribution in [2.45, 2.75) is 25.3 Å². The van der Waals surface area contributed by atoms with Crippen LogP contribution in [0.2, 0.25) is 0 Å². The minimum atomic E-state index is -2.47. The standard InChI is InChI=1S/C14H19F2N3O/c15-13(16)9-19(8-7-17)12-6-5-10-3-1-2-4-11(10)18-14(12)20/h1-4,12-13H,5-9,17H2,(H,18,20). The molecule has 1 aromatic carbocycles. The fraction of sp³-hybridized carbons (Fsp3) is 0.500. The van der Waals surface area contributed by atoms with Crippen LogP contribution in [0.15, 0.2) is 24.3 Å². The van der Waals surface area contributed by atoms with Crippen LogP contribution in [-0.2, 0) is 11.2 Å². The molecule has 0 radical (unpaired) electrons. The van der Waals surface area contributed by atoms with E-state index in [4.69, 9.17) is 5.73 Å². The van der Waals surface area contributed by atoms with Crippen LogP contribution < -0.4 is 11.1 Å². The Morgan fingerprint density at radius 1 is 1.40 bits per heavy atom. The van der Waals surface area contributed by atoms with Gasteiger partial charge in [0.1, 0.15) is 0 Å². The maximum absolute atomic E-state index is 12.6. The Labute approximate surface area is 116 Å². The number of amides is 1. The molecule has 1 heterocycles. The number of nitrogens with one attached hydrogen (secondary N) is 1. The van der Waals surface area contributed by atoms with Crippen molar-refractivity contribution in [3.63, 3.8) is 0 Å². The summed E-state index contributed by atoms with van der Waals surface area (Å²) in [6, 6.07) is 6.96. The molecule has 20 heavy (non-hydrogen) atoms. The highest BCUT2D eigenvalue weighted by atomic mass is 19.3. The minimum absolute atomic E-state index is 0.232. The van der Waals surface area contributed by atoms with Crippen molar-refractivity contribution in [1.82, 2.24) is 4.90 Å². The number of benzene rings is 1. The largest absolute Gasteiger partial charge is 0.329 e. The lowest BCUT2D eigenvalue weighted by Gasteiger charge is -2.28. The van der Waals surface area contributed by atoms with Crippen molar-refractivity contribution in [3.05, 3.63) is 29.8 Å². The number of hydrogen-bond donors (Lipinski definition) is 2. The summed E-state index contributed by atoms with van der Waals surface area (Å²) < 4.78 is 25.3. The zero-order chi connectivity index (χ0) is 14.5. The number of aryl methyl sites for hydroxylation is 1. The molecule has 0 saturated heterocycles. The van der Waals surface area contributed by atoms with Gasteiger partial charge in [0.25, 0.3) is 6.43 Å². The van der Waals surface area contributed by atoms with Gasteiger partial charge in [0.05, 0.1) is 12.6 Å². The van der Waals surface area contributed by atoms with Crippen molar-refractivity contribution in [2.24, 2.45) is 5.73 Å². The molecule has 3 N–H and O–H groups in total. The molecule has 1 atom stereocenters. The Morgan fingerprint density at radius 2 is 2.15 bits per heavy atom. The van der Waals surface area contributed by atoms with E-state index in [9.17, 15) is 13.6 Å². The van der Waals surface area contributed by atoms with E-state index in [1.807, 2.05) is 24.3 Å².